The SMILES string of the molecule is CCCCCCc1cc(Cc2ccc(CCCCCCCCCCc3ccc(Cc4ccc(N)c(CCCCCC)c4)cc3)cc2)ccc1N. The molecule has 0 fully saturated rings. The molecule has 0 heterocycles. The summed E-state index contributed by atoms with van der Waals surface area (Å²) >= 11 is 0. The predicted octanol–water partition coefficient (Wildman–Crippen LogP) is 13.2. The Hall–Kier alpha value is -3.52. The number of nitrogen functional groups attached to an aromatic ring is 2. The normalized spacial score (nSPS) is 11.3. The van der Waals surface area contributed by atoms with Crippen molar-refractivity contribution in [1.29, 1.82) is 0 Å². The van der Waals surface area contributed by atoms with E-state index in [1.165, 1.54) is 160 Å². The fraction of sp³-hybridized carbons (Fsp3) is 0.500. The van der Waals surface area contributed by atoms with E-state index in [1.54, 1.807) is 0 Å². The molecule has 270 valence electrons. The molecule has 0 atom stereocenters. The van der Waals surface area contributed by atoms with E-state index >= 15 is 0 Å². The number of unbranched alkanes of at least 4 members (excludes halogenated alkanes) is 13. The standard InChI is InChI=1S/C48H68N2/c1-3-5-7-17-21-45-37-43(31-33-47(45)49)35-41-27-23-39(24-28-41)19-15-13-11-9-10-12-14-16-20-40-25-29-42(30-26-40)36-44-32-34-48(50)46(38-44)22-18-8-6-4-2/h23-34,37-38H,3-22,35-36,49-50H2,1-2H3. The van der Waals surface area contributed by atoms with E-state index < -0.39 is 0 Å². The third kappa shape index (κ3) is 14.8. The second-order valence-corrected chi connectivity index (χ2v) is 15.0. The first-order valence-corrected chi connectivity index (χ1v) is 20.4. The van der Waals surface area contributed by atoms with Gasteiger partial charge in [0, 0.05) is 11.4 Å². The Labute approximate surface area is 306 Å². The number of hydrogen-bond donors (Lipinski definition) is 2. The van der Waals surface area contributed by atoms with Crippen molar-refractivity contribution < 1.29 is 0 Å². The van der Waals surface area contributed by atoms with Crippen LogP contribution in [0.2, 0.25) is 0 Å². The van der Waals surface area contributed by atoms with E-state index in [1.807, 2.05) is 0 Å². The molecule has 0 aromatic heterocycles. The highest BCUT2D eigenvalue weighted by Gasteiger charge is 2.06. The predicted molar refractivity (Wildman–Crippen MR) is 220 cm³/mol. The molecule has 0 aliphatic heterocycles. The monoisotopic (exact) mass is 673 g/mol. The second kappa shape index (κ2) is 23.0. The molecule has 2 nitrogen and oxygen atoms in total. The summed E-state index contributed by atoms with van der Waals surface area (Å²) in [7, 11) is 0. The van der Waals surface area contributed by atoms with Gasteiger partial charge in [-0.05, 0) is 121 Å². The molecule has 0 spiro atoms. The van der Waals surface area contributed by atoms with Crippen LogP contribution in [0.4, 0.5) is 11.4 Å². The molecule has 50 heavy (non-hydrogen) atoms. The number of benzene rings is 4. The highest BCUT2D eigenvalue weighted by molar-refractivity contribution is 5.50. The first-order chi connectivity index (χ1) is 24.5. The molecule has 4 aromatic carbocycles. The van der Waals surface area contributed by atoms with E-state index in [4.69, 9.17) is 11.5 Å². The van der Waals surface area contributed by atoms with E-state index in [2.05, 4.69) is 98.8 Å². The Morgan fingerprint density at radius 1 is 0.320 bits per heavy atom. The maximum Gasteiger partial charge on any atom is 0.0346 e. The van der Waals surface area contributed by atoms with Gasteiger partial charge >= 0.3 is 0 Å². The second-order valence-electron chi connectivity index (χ2n) is 15.0. The van der Waals surface area contributed by atoms with Crippen LogP contribution < -0.4 is 11.5 Å². The average molecular weight is 673 g/mol. The van der Waals surface area contributed by atoms with E-state index in [-0.39, 0.29) is 0 Å². The molecule has 0 saturated carbocycles. The molecule has 4 aromatic rings. The van der Waals surface area contributed by atoms with Gasteiger partial charge in [0.2, 0.25) is 0 Å². The number of nitrogens with two attached hydrogens (primary N) is 2. The van der Waals surface area contributed by atoms with Crippen LogP contribution in [-0.2, 0) is 38.5 Å². The van der Waals surface area contributed by atoms with Crippen molar-refractivity contribution in [2.45, 2.75) is 155 Å². The molecular formula is C48H68N2. The molecule has 4 rings (SSSR count). The summed E-state index contributed by atoms with van der Waals surface area (Å²) in [6.45, 7) is 4.53. The van der Waals surface area contributed by atoms with Gasteiger partial charge < -0.3 is 11.5 Å². The van der Waals surface area contributed by atoms with Gasteiger partial charge in [-0.15, -0.1) is 0 Å². The fourth-order valence-corrected chi connectivity index (χ4v) is 7.29. The summed E-state index contributed by atoms with van der Waals surface area (Å²) in [4.78, 5) is 0. The number of anilines is 2. The van der Waals surface area contributed by atoms with Crippen molar-refractivity contribution in [3.8, 4) is 0 Å². The van der Waals surface area contributed by atoms with Crippen molar-refractivity contribution in [2.24, 2.45) is 0 Å². The fourth-order valence-electron chi connectivity index (χ4n) is 7.29. The maximum atomic E-state index is 6.28. The summed E-state index contributed by atoms with van der Waals surface area (Å²) in [5, 5.41) is 0. The molecule has 2 heteroatoms. The minimum Gasteiger partial charge on any atom is -0.399 e. The van der Waals surface area contributed by atoms with Crippen LogP contribution >= 0.6 is 0 Å². The van der Waals surface area contributed by atoms with Crippen LogP contribution in [-0.4, -0.2) is 0 Å². The number of rotatable bonds is 25. The lowest BCUT2D eigenvalue weighted by atomic mass is 9.97. The van der Waals surface area contributed by atoms with Gasteiger partial charge in [-0.1, -0.05) is 164 Å². The Bertz CT molecular complexity index is 1370. The van der Waals surface area contributed by atoms with Crippen molar-refractivity contribution >= 4 is 11.4 Å². The Morgan fingerprint density at radius 3 is 1.00 bits per heavy atom. The quantitative estimate of drug-likeness (QED) is 0.0544. The smallest absolute Gasteiger partial charge is 0.0346 e. The van der Waals surface area contributed by atoms with Gasteiger partial charge in [0.05, 0.1) is 0 Å². The molecule has 0 saturated heterocycles. The summed E-state index contributed by atoms with van der Waals surface area (Å²) in [6, 6.07) is 32.0. The van der Waals surface area contributed by atoms with Gasteiger partial charge in [0.1, 0.15) is 0 Å². The van der Waals surface area contributed by atoms with Crippen molar-refractivity contribution in [3.63, 3.8) is 0 Å². The van der Waals surface area contributed by atoms with Gasteiger partial charge in [-0.25, -0.2) is 0 Å². The molecule has 0 amide bonds. The highest BCUT2D eigenvalue weighted by Crippen LogP contribution is 2.22. The Kier molecular flexibility index (Phi) is 18.1. The summed E-state index contributed by atoms with van der Waals surface area (Å²) in [6.07, 6.45) is 27.6. The molecule has 0 unspecified atom stereocenters. The summed E-state index contributed by atoms with van der Waals surface area (Å²) in [5.41, 5.74) is 25.6. The lowest BCUT2D eigenvalue weighted by molar-refractivity contribution is 0.567. The highest BCUT2D eigenvalue weighted by atomic mass is 14.6. The summed E-state index contributed by atoms with van der Waals surface area (Å²) < 4.78 is 0. The topological polar surface area (TPSA) is 52.0 Å². The van der Waals surface area contributed by atoms with Crippen LogP contribution in [0.3, 0.4) is 0 Å². The molecule has 4 N–H and O–H groups in total. The molecular weight excluding hydrogens is 605 g/mol. The minimum absolute atomic E-state index is 0.950. The van der Waals surface area contributed by atoms with Crippen LogP contribution in [0.1, 0.15) is 161 Å². The number of hydrogen-bond acceptors (Lipinski definition) is 2. The van der Waals surface area contributed by atoms with Crippen molar-refractivity contribution in [1.82, 2.24) is 0 Å². The Morgan fingerprint density at radius 2 is 0.620 bits per heavy atom. The average Bonchev–Trinajstić information content (AvgIpc) is 3.13. The van der Waals surface area contributed by atoms with E-state index in [9.17, 15) is 0 Å². The third-order valence-corrected chi connectivity index (χ3v) is 10.6. The first kappa shape index (κ1) is 39.3. The Balaban J connectivity index is 1.03. The minimum atomic E-state index is 0.950. The maximum absolute atomic E-state index is 6.28. The van der Waals surface area contributed by atoms with Gasteiger partial charge in [-0.3, -0.25) is 0 Å². The summed E-state index contributed by atoms with van der Waals surface area (Å²) in [5.74, 6) is 0. The van der Waals surface area contributed by atoms with Crippen molar-refractivity contribution in [3.05, 3.63) is 129 Å². The number of aryl methyl sites for hydroxylation is 4. The lowest BCUT2D eigenvalue weighted by Gasteiger charge is -2.10. The van der Waals surface area contributed by atoms with E-state index in [0.29, 0.717) is 0 Å². The molecule has 0 radical (unpaired) electrons. The molecule has 0 aliphatic rings. The third-order valence-electron chi connectivity index (χ3n) is 10.6. The zero-order chi connectivity index (χ0) is 35.2. The van der Waals surface area contributed by atoms with Crippen LogP contribution in [0.25, 0.3) is 0 Å². The largest absolute Gasteiger partial charge is 0.399 e. The van der Waals surface area contributed by atoms with Crippen LogP contribution in [0.15, 0.2) is 84.9 Å². The van der Waals surface area contributed by atoms with Crippen LogP contribution in [0, 0.1) is 0 Å². The molecule has 0 bridgehead atoms. The lowest BCUT2D eigenvalue weighted by Crippen LogP contribution is -1.98. The van der Waals surface area contributed by atoms with Crippen molar-refractivity contribution in [2.75, 3.05) is 11.5 Å². The zero-order valence-electron chi connectivity index (χ0n) is 31.8. The zero-order valence-corrected chi connectivity index (χ0v) is 31.8. The van der Waals surface area contributed by atoms with Gasteiger partial charge in [-0.2, -0.15) is 0 Å². The van der Waals surface area contributed by atoms with Crippen LogP contribution in [0.5, 0.6) is 0 Å². The van der Waals surface area contributed by atoms with Gasteiger partial charge in [0.25, 0.3) is 0 Å². The van der Waals surface area contributed by atoms with E-state index in [0.717, 1.165) is 37.1 Å². The van der Waals surface area contributed by atoms with Gasteiger partial charge in [0.15, 0.2) is 0 Å². The molecule has 0 aliphatic carbocycles. The first-order valence-electron chi connectivity index (χ1n) is 20.4.